The highest BCUT2D eigenvalue weighted by molar-refractivity contribution is 7.92. The van der Waals surface area contributed by atoms with E-state index >= 15 is 0 Å². The lowest BCUT2D eigenvalue weighted by Crippen LogP contribution is -2.51. The number of carbonyl (C=O) groups excluding carboxylic acids is 1. The number of hydrogen-bond donors (Lipinski definition) is 1. The van der Waals surface area contributed by atoms with Gasteiger partial charge in [0.1, 0.15) is 0 Å². The fourth-order valence-electron chi connectivity index (χ4n) is 5.42. The van der Waals surface area contributed by atoms with Crippen molar-refractivity contribution in [3.63, 3.8) is 0 Å². The van der Waals surface area contributed by atoms with E-state index in [1.54, 1.807) is 36.4 Å². The number of ether oxygens (including phenoxy) is 1. The van der Waals surface area contributed by atoms with Crippen LogP contribution in [0.4, 0.5) is 10.5 Å². The van der Waals surface area contributed by atoms with Crippen molar-refractivity contribution in [3.05, 3.63) is 60.2 Å². The normalized spacial score (nSPS) is 18.0. The van der Waals surface area contributed by atoms with Crippen molar-refractivity contribution in [1.29, 1.82) is 0 Å². The van der Waals surface area contributed by atoms with Gasteiger partial charge in [0.2, 0.25) is 0 Å². The van der Waals surface area contributed by atoms with Gasteiger partial charge in [0.05, 0.1) is 18.1 Å². The molecule has 2 aliphatic heterocycles. The highest BCUT2D eigenvalue weighted by Crippen LogP contribution is 2.23. The lowest BCUT2D eigenvalue weighted by molar-refractivity contribution is 0.0386. The third kappa shape index (κ3) is 7.71. The number of morpholine rings is 1. The second-order valence-electron chi connectivity index (χ2n) is 10.5. The van der Waals surface area contributed by atoms with Crippen LogP contribution < -0.4 is 4.72 Å². The summed E-state index contributed by atoms with van der Waals surface area (Å²) in [5.41, 5.74) is 1.69. The Morgan fingerprint density at radius 3 is 2.39 bits per heavy atom. The van der Waals surface area contributed by atoms with Gasteiger partial charge in [0.25, 0.3) is 10.0 Å². The molecule has 1 N–H and O–H groups in total. The Labute approximate surface area is 228 Å². The van der Waals surface area contributed by atoms with Gasteiger partial charge in [-0.15, -0.1) is 0 Å². The molecule has 0 aromatic heterocycles. The Bertz CT molecular complexity index is 1130. The molecule has 2 heterocycles. The largest absolute Gasteiger partial charge is 0.378 e. The third-order valence-corrected chi connectivity index (χ3v) is 8.95. The average molecular weight is 543 g/mol. The Hall–Kier alpha value is -2.62. The molecule has 2 aliphatic rings. The molecule has 2 amide bonds. The van der Waals surface area contributed by atoms with Crippen LogP contribution >= 0.6 is 0 Å². The molecule has 1 unspecified atom stereocenters. The first-order valence-corrected chi connectivity index (χ1v) is 15.4. The highest BCUT2D eigenvalue weighted by atomic mass is 32.2. The third-order valence-electron chi connectivity index (χ3n) is 7.56. The number of urea groups is 1. The van der Waals surface area contributed by atoms with Crippen LogP contribution in [-0.4, -0.2) is 87.7 Å². The molecule has 0 saturated carbocycles. The van der Waals surface area contributed by atoms with Crippen molar-refractivity contribution >= 4 is 21.7 Å². The van der Waals surface area contributed by atoms with Crippen molar-refractivity contribution in [2.75, 3.05) is 57.2 Å². The van der Waals surface area contributed by atoms with E-state index in [4.69, 9.17) is 4.74 Å². The number of amides is 2. The smallest absolute Gasteiger partial charge is 0.320 e. The fourth-order valence-corrected chi connectivity index (χ4v) is 6.49. The molecule has 2 fully saturated rings. The van der Waals surface area contributed by atoms with Gasteiger partial charge >= 0.3 is 6.03 Å². The van der Waals surface area contributed by atoms with Gasteiger partial charge in [0.15, 0.2) is 0 Å². The molecule has 208 valence electrons. The second kappa shape index (κ2) is 13.4. The van der Waals surface area contributed by atoms with Crippen LogP contribution in [0.15, 0.2) is 59.5 Å². The van der Waals surface area contributed by atoms with Crippen molar-refractivity contribution < 1.29 is 17.9 Å². The lowest BCUT2D eigenvalue weighted by Gasteiger charge is -2.39. The Morgan fingerprint density at radius 1 is 1.03 bits per heavy atom. The fraction of sp³-hybridized carbons (Fsp3) is 0.552. The highest BCUT2D eigenvalue weighted by Gasteiger charge is 2.29. The van der Waals surface area contributed by atoms with E-state index in [1.807, 2.05) is 21.9 Å². The van der Waals surface area contributed by atoms with Gasteiger partial charge < -0.3 is 19.4 Å². The molecule has 4 rings (SSSR count). The number of piperidine rings is 1. The zero-order chi connectivity index (χ0) is 27.0. The van der Waals surface area contributed by atoms with E-state index in [0.717, 1.165) is 57.4 Å². The number of nitrogens with zero attached hydrogens (tertiary/aromatic N) is 3. The minimum absolute atomic E-state index is 0.160. The predicted molar refractivity (Wildman–Crippen MR) is 151 cm³/mol. The molecule has 8 nitrogen and oxygen atoms in total. The lowest BCUT2D eigenvalue weighted by atomic mass is 9.95. The van der Waals surface area contributed by atoms with Gasteiger partial charge in [-0.05, 0) is 74.9 Å². The SMILES string of the molecule is CCCN(CC1CCN(C(=O)N2CCOCC2)CC1)C(C)Cc1cccc(NS(=O)(=O)c2ccccc2)c1. The van der Waals surface area contributed by atoms with Gasteiger partial charge in [-0.3, -0.25) is 4.72 Å². The number of benzene rings is 2. The maximum atomic E-state index is 12.8. The van der Waals surface area contributed by atoms with Gasteiger partial charge in [0, 0.05) is 44.5 Å². The number of nitrogens with one attached hydrogen (secondary N) is 1. The summed E-state index contributed by atoms with van der Waals surface area (Å²) in [5, 5.41) is 0. The van der Waals surface area contributed by atoms with Crippen molar-refractivity contribution in [1.82, 2.24) is 14.7 Å². The molecule has 2 aromatic carbocycles. The van der Waals surface area contributed by atoms with E-state index in [-0.39, 0.29) is 10.9 Å². The first kappa shape index (κ1) is 28.4. The number of likely N-dealkylation sites (tertiary alicyclic amines) is 1. The van der Waals surface area contributed by atoms with Crippen LogP contribution in [-0.2, 0) is 21.2 Å². The van der Waals surface area contributed by atoms with Crippen LogP contribution in [0.1, 0.15) is 38.7 Å². The first-order chi connectivity index (χ1) is 18.4. The Kier molecular flexibility index (Phi) is 10.0. The van der Waals surface area contributed by atoms with Crippen LogP contribution in [0.3, 0.4) is 0 Å². The predicted octanol–water partition coefficient (Wildman–Crippen LogP) is 4.29. The van der Waals surface area contributed by atoms with Crippen molar-refractivity contribution in [2.45, 2.75) is 50.5 Å². The van der Waals surface area contributed by atoms with Crippen LogP contribution in [0.2, 0.25) is 0 Å². The van der Waals surface area contributed by atoms with Crippen LogP contribution in [0.25, 0.3) is 0 Å². The average Bonchev–Trinajstić information content (AvgIpc) is 2.94. The number of rotatable bonds is 10. The topological polar surface area (TPSA) is 82.2 Å². The van der Waals surface area contributed by atoms with Crippen molar-refractivity contribution in [2.24, 2.45) is 5.92 Å². The Balaban J connectivity index is 1.31. The van der Waals surface area contributed by atoms with E-state index < -0.39 is 10.0 Å². The molecular formula is C29H42N4O4S. The maximum absolute atomic E-state index is 12.8. The van der Waals surface area contributed by atoms with E-state index in [1.165, 1.54) is 0 Å². The summed E-state index contributed by atoms with van der Waals surface area (Å²) in [4.78, 5) is 19.6. The number of carbonyl (C=O) groups is 1. The minimum Gasteiger partial charge on any atom is -0.378 e. The number of hydrogen-bond acceptors (Lipinski definition) is 5. The summed E-state index contributed by atoms with van der Waals surface area (Å²) >= 11 is 0. The van der Waals surface area contributed by atoms with E-state index in [2.05, 4.69) is 29.5 Å². The molecule has 0 radical (unpaired) electrons. The van der Waals surface area contributed by atoms with Gasteiger partial charge in [-0.2, -0.15) is 0 Å². The summed E-state index contributed by atoms with van der Waals surface area (Å²) in [5.74, 6) is 0.571. The molecule has 1 atom stereocenters. The van der Waals surface area contributed by atoms with Crippen molar-refractivity contribution in [3.8, 4) is 0 Å². The summed E-state index contributed by atoms with van der Waals surface area (Å²) in [6.45, 7) is 10.8. The summed E-state index contributed by atoms with van der Waals surface area (Å²) in [6.07, 6.45) is 3.98. The molecule has 38 heavy (non-hydrogen) atoms. The second-order valence-corrected chi connectivity index (χ2v) is 12.2. The number of sulfonamides is 1. The molecule has 0 spiro atoms. The zero-order valence-electron chi connectivity index (χ0n) is 22.7. The molecule has 2 saturated heterocycles. The van der Waals surface area contributed by atoms with E-state index in [9.17, 15) is 13.2 Å². The molecule has 9 heteroatoms. The van der Waals surface area contributed by atoms with Gasteiger partial charge in [-0.25, -0.2) is 13.2 Å². The summed E-state index contributed by atoms with van der Waals surface area (Å²) in [6, 6.07) is 16.6. The summed E-state index contributed by atoms with van der Waals surface area (Å²) in [7, 11) is -3.62. The standard InChI is InChI=1S/C29H42N4O4S/c1-3-14-33(23-25-12-15-31(16-13-25)29(34)32-17-19-37-20-18-32)24(2)21-26-8-7-9-27(22-26)30-38(35,36)28-10-5-4-6-11-28/h4-11,22,24-25,30H,3,12-21,23H2,1-2H3. The van der Waals surface area contributed by atoms with Crippen LogP contribution in [0, 0.1) is 5.92 Å². The molecule has 2 aromatic rings. The molecule has 0 aliphatic carbocycles. The zero-order valence-corrected chi connectivity index (χ0v) is 23.5. The van der Waals surface area contributed by atoms with Gasteiger partial charge in [-0.1, -0.05) is 37.3 Å². The molecular weight excluding hydrogens is 500 g/mol. The maximum Gasteiger partial charge on any atom is 0.320 e. The minimum atomic E-state index is -3.62. The molecule has 0 bridgehead atoms. The Morgan fingerprint density at radius 2 is 1.71 bits per heavy atom. The quantitative estimate of drug-likeness (QED) is 0.484. The monoisotopic (exact) mass is 542 g/mol. The first-order valence-electron chi connectivity index (χ1n) is 13.9. The summed E-state index contributed by atoms with van der Waals surface area (Å²) < 4.78 is 33.6. The number of anilines is 1. The van der Waals surface area contributed by atoms with Crippen LogP contribution in [0.5, 0.6) is 0 Å². The van der Waals surface area contributed by atoms with E-state index in [0.29, 0.717) is 44.0 Å².